The van der Waals surface area contributed by atoms with Crippen LogP contribution in [-0.4, -0.2) is 8.42 Å². The fraction of sp³-hybridized carbons (Fsp3) is 0. The molecule has 0 unspecified atom stereocenters. The molecule has 0 aliphatic carbocycles. The average Bonchev–Trinajstić information content (AvgIpc) is 1.98. The Morgan fingerprint density at radius 2 is 1.43 bits per heavy atom. The van der Waals surface area contributed by atoms with E-state index in [2.05, 4.69) is 0 Å². The van der Waals surface area contributed by atoms with Crippen molar-refractivity contribution in [3.8, 4) is 0 Å². The van der Waals surface area contributed by atoms with Crippen LogP contribution >= 0.6 is 23.2 Å². The highest BCUT2D eigenvalue weighted by atomic mass is 35.5. The third kappa shape index (κ3) is 1.97. The summed E-state index contributed by atoms with van der Waals surface area (Å²) in [6.45, 7) is 0. The minimum Gasteiger partial charge on any atom is -0.204 e. The first-order chi connectivity index (χ1) is 6.25. The molecule has 1 rings (SSSR count). The van der Waals surface area contributed by atoms with Gasteiger partial charge in [0.15, 0.2) is 16.5 Å². The Kier molecular flexibility index (Phi) is 2.99. The van der Waals surface area contributed by atoms with Crippen LogP contribution in [0.3, 0.4) is 0 Å². The van der Waals surface area contributed by atoms with Crippen molar-refractivity contribution in [3.05, 3.63) is 27.7 Å². The third-order valence-corrected chi connectivity index (χ3v) is 2.71. The number of benzene rings is 1. The Balaban J connectivity index is 3.74. The lowest BCUT2D eigenvalue weighted by Gasteiger charge is -2.03. The molecule has 0 aromatic heterocycles. The number of rotatable bonds is 1. The van der Waals surface area contributed by atoms with Crippen LogP contribution < -0.4 is 0 Å². The highest BCUT2D eigenvalue weighted by Crippen LogP contribution is 2.31. The average molecular weight is 265 g/mol. The number of hydrogen-bond acceptors (Lipinski definition) is 2. The molecule has 1 aromatic carbocycles. The van der Waals surface area contributed by atoms with Crippen LogP contribution in [0.1, 0.15) is 0 Å². The van der Waals surface area contributed by atoms with Gasteiger partial charge in [0.05, 0.1) is 10.0 Å². The summed E-state index contributed by atoms with van der Waals surface area (Å²) >= 11 is 10.3. The molecule has 8 heteroatoms. The maximum absolute atomic E-state index is 12.9. The van der Waals surface area contributed by atoms with Gasteiger partial charge in [-0.25, -0.2) is 8.78 Å². The van der Waals surface area contributed by atoms with Crippen molar-refractivity contribution in [1.29, 1.82) is 0 Å². The van der Waals surface area contributed by atoms with E-state index >= 15 is 0 Å². The fourth-order valence-corrected chi connectivity index (χ4v) is 1.99. The largest absolute Gasteiger partial charge is 0.338 e. The van der Waals surface area contributed by atoms with Gasteiger partial charge >= 0.3 is 10.2 Å². The van der Waals surface area contributed by atoms with E-state index in [4.69, 9.17) is 23.2 Å². The number of hydrogen-bond donors (Lipinski definition) is 0. The van der Waals surface area contributed by atoms with Gasteiger partial charge < -0.3 is 0 Å². The van der Waals surface area contributed by atoms with Crippen molar-refractivity contribution in [3.63, 3.8) is 0 Å². The van der Waals surface area contributed by atoms with Crippen LogP contribution in [0.25, 0.3) is 0 Å². The Labute approximate surface area is 87.5 Å². The molecule has 0 radical (unpaired) electrons. The molecule has 0 bridgehead atoms. The Bertz CT molecular complexity index is 460. The summed E-state index contributed by atoms with van der Waals surface area (Å²) in [7, 11) is -5.53. The molecule has 0 aliphatic heterocycles. The van der Waals surface area contributed by atoms with Crippen LogP contribution in [0.4, 0.5) is 12.7 Å². The van der Waals surface area contributed by atoms with Crippen molar-refractivity contribution >= 4 is 33.4 Å². The molecule has 0 N–H and O–H groups in total. The van der Waals surface area contributed by atoms with E-state index in [0.717, 1.165) is 0 Å². The molecule has 0 amide bonds. The molecule has 2 nitrogen and oxygen atoms in total. The summed E-state index contributed by atoms with van der Waals surface area (Å²) in [5.74, 6) is -3.40. The van der Waals surface area contributed by atoms with Gasteiger partial charge in [0, 0.05) is 0 Å². The van der Waals surface area contributed by atoms with Gasteiger partial charge in [-0.1, -0.05) is 23.2 Å². The van der Waals surface area contributed by atoms with Crippen molar-refractivity contribution < 1.29 is 21.1 Å². The van der Waals surface area contributed by atoms with E-state index in [1.165, 1.54) is 0 Å². The van der Waals surface area contributed by atoms with Gasteiger partial charge in [-0.2, -0.15) is 8.42 Å². The molecule has 78 valence electrons. The van der Waals surface area contributed by atoms with E-state index in [1.807, 2.05) is 0 Å². The first-order valence-electron chi connectivity index (χ1n) is 3.03. The standard InChI is InChI=1S/C6HCl2F3O2S/c7-2-1-3(8)5(10)6(4(2)9)14(11,12)13/h1H. The van der Waals surface area contributed by atoms with Crippen LogP contribution in [0.2, 0.25) is 10.0 Å². The van der Waals surface area contributed by atoms with Gasteiger partial charge in [0.1, 0.15) is 0 Å². The van der Waals surface area contributed by atoms with Crippen LogP contribution in [0.15, 0.2) is 11.0 Å². The molecule has 0 fully saturated rings. The predicted octanol–water partition coefficient (Wildman–Crippen LogP) is 2.93. The maximum atomic E-state index is 12.9. The van der Waals surface area contributed by atoms with E-state index in [1.54, 1.807) is 0 Å². The summed E-state index contributed by atoms with van der Waals surface area (Å²) in [6, 6.07) is 0.641. The van der Waals surface area contributed by atoms with Gasteiger partial charge in [0.25, 0.3) is 0 Å². The second kappa shape index (κ2) is 3.60. The minimum atomic E-state index is -5.53. The highest BCUT2D eigenvalue weighted by Gasteiger charge is 2.27. The molecule has 1 aromatic rings. The Hall–Kier alpha value is -0.460. The summed E-state index contributed by atoms with van der Waals surface area (Å²) in [5, 5.41) is -1.54. The molecule has 0 heterocycles. The van der Waals surface area contributed by atoms with Crippen LogP contribution in [0.5, 0.6) is 0 Å². The van der Waals surface area contributed by atoms with Crippen molar-refractivity contribution in [2.75, 3.05) is 0 Å². The SMILES string of the molecule is O=S(=O)(F)c1c(F)c(Cl)cc(Cl)c1F. The second-order valence-electron chi connectivity index (χ2n) is 2.24. The zero-order chi connectivity index (χ0) is 11.1. The molecule has 0 saturated carbocycles. The highest BCUT2D eigenvalue weighted by molar-refractivity contribution is 7.86. The molecular weight excluding hydrogens is 264 g/mol. The van der Waals surface area contributed by atoms with Crippen molar-refractivity contribution in [2.24, 2.45) is 0 Å². The van der Waals surface area contributed by atoms with Crippen molar-refractivity contribution in [2.45, 2.75) is 4.90 Å². The first-order valence-corrected chi connectivity index (χ1v) is 5.16. The first kappa shape index (κ1) is 11.6. The van der Waals surface area contributed by atoms with E-state index in [-0.39, 0.29) is 0 Å². The van der Waals surface area contributed by atoms with E-state index < -0.39 is 36.8 Å². The lowest BCUT2D eigenvalue weighted by atomic mass is 10.3. The normalized spacial score (nSPS) is 11.8. The third-order valence-electron chi connectivity index (χ3n) is 1.32. The monoisotopic (exact) mass is 264 g/mol. The van der Waals surface area contributed by atoms with Crippen molar-refractivity contribution in [1.82, 2.24) is 0 Å². The Morgan fingerprint density at radius 3 is 1.71 bits per heavy atom. The van der Waals surface area contributed by atoms with E-state index in [9.17, 15) is 21.1 Å². The maximum Gasteiger partial charge on any atom is 0.338 e. The van der Waals surface area contributed by atoms with Gasteiger partial charge in [-0.05, 0) is 6.07 Å². The molecule has 0 aliphatic rings. The molecular formula is C6HCl2F3O2S. The summed E-state index contributed by atoms with van der Waals surface area (Å²) in [4.78, 5) is -1.77. The Morgan fingerprint density at radius 1 is 1.07 bits per heavy atom. The second-order valence-corrected chi connectivity index (χ2v) is 4.33. The van der Waals surface area contributed by atoms with Gasteiger partial charge in [0.2, 0.25) is 0 Å². The fourth-order valence-electron chi connectivity index (χ4n) is 0.765. The lowest BCUT2D eigenvalue weighted by Crippen LogP contribution is -2.02. The zero-order valence-corrected chi connectivity index (χ0v) is 8.52. The molecule has 0 saturated heterocycles. The lowest BCUT2D eigenvalue weighted by molar-refractivity contribution is 0.500. The molecule has 0 atom stereocenters. The summed E-state index contributed by atoms with van der Waals surface area (Å²) < 4.78 is 58.8. The minimum absolute atomic E-state index is 0.641. The smallest absolute Gasteiger partial charge is 0.204 e. The quantitative estimate of drug-likeness (QED) is 0.578. The molecule has 0 spiro atoms. The van der Waals surface area contributed by atoms with Crippen LogP contribution in [-0.2, 0) is 10.2 Å². The zero-order valence-electron chi connectivity index (χ0n) is 6.19. The summed E-state index contributed by atoms with van der Waals surface area (Å²) in [5.41, 5.74) is 0. The van der Waals surface area contributed by atoms with Crippen LogP contribution in [0, 0.1) is 11.6 Å². The topological polar surface area (TPSA) is 34.1 Å². The number of halogens is 5. The van der Waals surface area contributed by atoms with E-state index in [0.29, 0.717) is 6.07 Å². The molecule has 14 heavy (non-hydrogen) atoms. The van der Waals surface area contributed by atoms with Gasteiger partial charge in [-0.15, -0.1) is 3.89 Å². The summed E-state index contributed by atoms with van der Waals surface area (Å²) in [6.07, 6.45) is 0. The predicted molar refractivity (Wildman–Crippen MR) is 44.7 cm³/mol. The van der Waals surface area contributed by atoms with Gasteiger partial charge in [-0.3, -0.25) is 0 Å².